The molecule has 1 atom stereocenters. The van der Waals surface area contributed by atoms with Crippen molar-refractivity contribution in [1.29, 1.82) is 0 Å². The van der Waals surface area contributed by atoms with Gasteiger partial charge in [0, 0.05) is 28.3 Å². The van der Waals surface area contributed by atoms with Crippen molar-refractivity contribution < 1.29 is 23.4 Å². The molecule has 2 aromatic heterocycles. The maximum absolute atomic E-state index is 12.1. The SMILES string of the molecule is CCOC(=O)C(Cc1ccc(OCc2sc(-c3ccc(-c4nc(C)c(C)o4)cc3)cc2C)cc1)OCC. The fraction of sp³-hybridized carbons (Fsp3) is 0.333. The standard InChI is InChI=1S/C30H33NO5S/c1-6-33-26(30(32)34-7-2)17-22-8-14-25(15-9-22)35-18-28-19(3)16-27(37-28)23-10-12-24(13-11-23)29-31-20(4)21(5)36-29/h8-16,26H,6-7,17-18H2,1-5H3. The molecule has 37 heavy (non-hydrogen) atoms. The molecule has 0 amide bonds. The van der Waals surface area contributed by atoms with Crippen molar-refractivity contribution in [1.82, 2.24) is 4.98 Å². The number of oxazole rings is 1. The van der Waals surface area contributed by atoms with Crippen LogP contribution in [0.25, 0.3) is 21.9 Å². The molecular weight excluding hydrogens is 486 g/mol. The van der Waals surface area contributed by atoms with Gasteiger partial charge in [-0.1, -0.05) is 24.3 Å². The Bertz CT molecular complexity index is 1300. The zero-order valence-corrected chi connectivity index (χ0v) is 22.8. The highest BCUT2D eigenvalue weighted by molar-refractivity contribution is 7.15. The smallest absolute Gasteiger partial charge is 0.335 e. The number of hydrogen-bond donors (Lipinski definition) is 0. The van der Waals surface area contributed by atoms with Gasteiger partial charge in [0.05, 0.1) is 12.3 Å². The van der Waals surface area contributed by atoms with Gasteiger partial charge < -0.3 is 18.6 Å². The van der Waals surface area contributed by atoms with Crippen LogP contribution in [-0.2, 0) is 27.3 Å². The van der Waals surface area contributed by atoms with Crippen LogP contribution >= 0.6 is 11.3 Å². The van der Waals surface area contributed by atoms with Crippen molar-refractivity contribution in [3.63, 3.8) is 0 Å². The molecule has 0 aliphatic heterocycles. The van der Waals surface area contributed by atoms with E-state index < -0.39 is 6.10 Å². The van der Waals surface area contributed by atoms with Gasteiger partial charge in [0.2, 0.25) is 5.89 Å². The number of benzene rings is 2. The first-order chi connectivity index (χ1) is 17.9. The molecule has 0 fully saturated rings. The first kappa shape index (κ1) is 26.6. The van der Waals surface area contributed by atoms with E-state index in [4.69, 9.17) is 18.6 Å². The molecular formula is C30H33NO5S. The van der Waals surface area contributed by atoms with Crippen LogP contribution in [0.1, 0.15) is 41.3 Å². The summed E-state index contributed by atoms with van der Waals surface area (Å²) >= 11 is 1.73. The lowest BCUT2D eigenvalue weighted by Gasteiger charge is -2.15. The molecule has 6 nitrogen and oxygen atoms in total. The van der Waals surface area contributed by atoms with E-state index in [-0.39, 0.29) is 5.97 Å². The molecule has 1 unspecified atom stereocenters. The van der Waals surface area contributed by atoms with Crippen LogP contribution in [0.4, 0.5) is 0 Å². The van der Waals surface area contributed by atoms with Crippen molar-refractivity contribution in [2.24, 2.45) is 0 Å². The topological polar surface area (TPSA) is 70.8 Å². The zero-order valence-electron chi connectivity index (χ0n) is 22.0. The Morgan fingerprint density at radius 3 is 2.30 bits per heavy atom. The third-order valence-corrected chi connectivity index (χ3v) is 7.36. The second-order valence-electron chi connectivity index (χ2n) is 8.79. The molecule has 4 aromatic rings. The van der Waals surface area contributed by atoms with E-state index >= 15 is 0 Å². The van der Waals surface area contributed by atoms with Crippen molar-refractivity contribution >= 4 is 17.3 Å². The number of rotatable bonds is 11. The Morgan fingerprint density at radius 2 is 1.68 bits per heavy atom. The Kier molecular flexibility index (Phi) is 8.79. The number of aromatic nitrogens is 1. The molecule has 0 spiro atoms. The van der Waals surface area contributed by atoms with Crippen LogP contribution < -0.4 is 4.74 Å². The maximum Gasteiger partial charge on any atom is 0.335 e. The molecule has 0 aliphatic rings. The Morgan fingerprint density at radius 1 is 0.973 bits per heavy atom. The maximum atomic E-state index is 12.1. The average molecular weight is 520 g/mol. The zero-order chi connectivity index (χ0) is 26.4. The van der Waals surface area contributed by atoms with E-state index in [9.17, 15) is 4.79 Å². The van der Waals surface area contributed by atoms with Crippen molar-refractivity contribution in [2.45, 2.75) is 53.8 Å². The van der Waals surface area contributed by atoms with Gasteiger partial charge >= 0.3 is 5.97 Å². The summed E-state index contributed by atoms with van der Waals surface area (Å²) in [5.74, 6) is 1.95. The molecule has 0 saturated carbocycles. The van der Waals surface area contributed by atoms with Gasteiger partial charge in [-0.2, -0.15) is 0 Å². The summed E-state index contributed by atoms with van der Waals surface area (Å²) in [5.41, 5.74) is 5.23. The summed E-state index contributed by atoms with van der Waals surface area (Å²) in [5, 5.41) is 0. The molecule has 2 heterocycles. The third kappa shape index (κ3) is 6.67. The van der Waals surface area contributed by atoms with Crippen molar-refractivity contribution in [3.8, 4) is 27.6 Å². The number of hydrogen-bond acceptors (Lipinski definition) is 7. The highest BCUT2D eigenvalue weighted by Crippen LogP contribution is 2.33. The first-order valence-corrected chi connectivity index (χ1v) is 13.3. The van der Waals surface area contributed by atoms with Gasteiger partial charge in [0.25, 0.3) is 0 Å². The number of thiophene rings is 1. The minimum absolute atomic E-state index is 0.328. The number of ether oxygens (including phenoxy) is 3. The largest absolute Gasteiger partial charge is 0.488 e. The molecule has 0 radical (unpaired) electrons. The van der Waals surface area contributed by atoms with Gasteiger partial charge in [-0.15, -0.1) is 11.3 Å². The van der Waals surface area contributed by atoms with E-state index in [1.807, 2.05) is 57.2 Å². The number of esters is 1. The summed E-state index contributed by atoms with van der Waals surface area (Å²) < 4.78 is 22.5. The lowest BCUT2D eigenvalue weighted by molar-refractivity contribution is -0.156. The monoisotopic (exact) mass is 519 g/mol. The van der Waals surface area contributed by atoms with Crippen LogP contribution in [-0.4, -0.2) is 30.3 Å². The molecule has 0 N–H and O–H groups in total. The van der Waals surface area contributed by atoms with Crippen LogP contribution in [0.2, 0.25) is 0 Å². The molecule has 194 valence electrons. The molecule has 0 aliphatic carbocycles. The van der Waals surface area contributed by atoms with E-state index in [1.54, 1.807) is 18.3 Å². The van der Waals surface area contributed by atoms with Crippen LogP contribution in [0.5, 0.6) is 5.75 Å². The highest BCUT2D eigenvalue weighted by atomic mass is 32.1. The molecule has 2 aromatic carbocycles. The third-order valence-electron chi connectivity index (χ3n) is 6.10. The van der Waals surface area contributed by atoms with E-state index in [0.717, 1.165) is 33.9 Å². The summed E-state index contributed by atoms with van der Waals surface area (Å²) in [4.78, 5) is 19.0. The molecule has 0 bridgehead atoms. The normalized spacial score (nSPS) is 11.9. The van der Waals surface area contributed by atoms with Gasteiger partial charge in [-0.3, -0.25) is 0 Å². The van der Waals surface area contributed by atoms with Gasteiger partial charge in [-0.25, -0.2) is 9.78 Å². The number of nitrogens with zero attached hydrogens (tertiary/aromatic N) is 1. The summed E-state index contributed by atoms with van der Waals surface area (Å²) in [6.45, 7) is 10.9. The van der Waals surface area contributed by atoms with Crippen LogP contribution in [0.15, 0.2) is 59.0 Å². The second kappa shape index (κ2) is 12.2. The Labute approximate surface area is 222 Å². The summed E-state index contributed by atoms with van der Waals surface area (Å²) in [7, 11) is 0. The minimum Gasteiger partial charge on any atom is -0.488 e. The minimum atomic E-state index is -0.596. The number of carbonyl (C=O) groups is 1. The van der Waals surface area contributed by atoms with Crippen molar-refractivity contribution in [2.75, 3.05) is 13.2 Å². The summed E-state index contributed by atoms with van der Waals surface area (Å²) in [6.07, 6.45) is -0.129. The Balaban J connectivity index is 1.37. The summed E-state index contributed by atoms with van der Waals surface area (Å²) in [6, 6.07) is 18.3. The Hall–Kier alpha value is -3.42. The van der Waals surface area contributed by atoms with E-state index in [2.05, 4.69) is 30.1 Å². The quantitative estimate of drug-likeness (QED) is 0.197. The van der Waals surface area contributed by atoms with Crippen LogP contribution in [0.3, 0.4) is 0 Å². The number of carbonyl (C=O) groups excluding carboxylic acids is 1. The van der Waals surface area contributed by atoms with Gasteiger partial charge in [0.15, 0.2) is 6.10 Å². The average Bonchev–Trinajstić information content (AvgIpc) is 3.44. The van der Waals surface area contributed by atoms with Gasteiger partial charge in [-0.05, 0) is 81.6 Å². The lowest BCUT2D eigenvalue weighted by atomic mass is 10.1. The molecule has 0 saturated heterocycles. The van der Waals surface area contributed by atoms with E-state index in [0.29, 0.717) is 32.1 Å². The predicted octanol–water partition coefficient (Wildman–Crippen LogP) is 7.09. The molecule has 4 rings (SSSR count). The fourth-order valence-corrected chi connectivity index (χ4v) is 5.00. The van der Waals surface area contributed by atoms with Crippen LogP contribution in [0, 0.1) is 20.8 Å². The van der Waals surface area contributed by atoms with Gasteiger partial charge in [0.1, 0.15) is 18.1 Å². The highest BCUT2D eigenvalue weighted by Gasteiger charge is 2.20. The lowest BCUT2D eigenvalue weighted by Crippen LogP contribution is -2.28. The molecule has 7 heteroatoms. The number of aryl methyl sites for hydroxylation is 3. The van der Waals surface area contributed by atoms with Crippen molar-refractivity contribution in [3.05, 3.63) is 82.1 Å². The second-order valence-corrected chi connectivity index (χ2v) is 9.92. The fourth-order valence-electron chi connectivity index (χ4n) is 3.91. The predicted molar refractivity (Wildman–Crippen MR) is 146 cm³/mol. The first-order valence-electron chi connectivity index (χ1n) is 12.5. The van der Waals surface area contributed by atoms with E-state index in [1.165, 1.54) is 15.3 Å².